The smallest absolute Gasteiger partial charge is 0.264 e. The van der Waals surface area contributed by atoms with E-state index in [4.69, 9.17) is 9.47 Å². The topological polar surface area (TPSA) is 105 Å². The highest BCUT2D eigenvalue weighted by Gasteiger charge is 2.34. The van der Waals surface area contributed by atoms with Gasteiger partial charge in [-0.25, -0.2) is 8.42 Å². The Morgan fingerprint density at radius 2 is 1.56 bits per heavy atom. The number of sulfonamides is 1. The van der Waals surface area contributed by atoms with Gasteiger partial charge in [-0.3, -0.25) is 13.9 Å². The van der Waals surface area contributed by atoms with E-state index in [2.05, 4.69) is 5.32 Å². The summed E-state index contributed by atoms with van der Waals surface area (Å²) in [5.74, 6) is -0.0618. The predicted octanol–water partition coefficient (Wildman–Crippen LogP) is 4.54. The van der Waals surface area contributed by atoms with Gasteiger partial charge in [0, 0.05) is 19.2 Å². The van der Waals surface area contributed by atoms with Gasteiger partial charge in [0.15, 0.2) is 11.5 Å². The number of benzene rings is 3. The molecular weight excluding hydrogens is 542 g/mol. The third kappa shape index (κ3) is 7.58. The first-order valence-corrected chi connectivity index (χ1v) is 15.0. The van der Waals surface area contributed by atoms with Gasteiger partial charge in [-0.1, -0.05) is 56.3 Å². The number of anilines is 1. The molecule has 3 aromatic rings. The largest absolute Gasteiger partial charge is 0.493 e. The Bertz CT molecular complexity index is 1430. The second-order valence-electron chi connectivity index (χ2n) is 9.53. The Kier molecular flexibility index (Phi) is 11.2. The van der Waals surface area contributed by atoms with Crippen LogP contribution in [-0.2, 0) is 26.2 Å². The average Bonchev–Trinajstić information content (AvgIpc) is 2.99. The fourth-order valence-corrected chi connectivity index (χ4v) is 5.91. The molecule has 1 N–H and O–H groups in total. The van der Waals surface area contributed by atoms with Gasteiger partial charge in [-0.15, -0.1) is 0 Å². The molecule has 2 amide bonds. The van der Waals surface area contributed by atoms with Crippen molar-refractivity contribution < 1.29 is 27.5 Å². The van der Waals surface area contributed by atoms with Crippen molar-refractivity contribution in [1.82, 2.24) is 10.2 Å². The van der Waals surface area contributed by atoms with Gasteiger partial charge >= 0.3 is 0 Å². The van der Waals surface area contributed by atoms with Gasteiger partial charge < -0.3 is 19.7 Å². The molecule has 0 aromatic heterocycles. The van der Waals surface area contributed by atoms with Crippen LogP contribution in [-0.4, -0.2) is 58.5 Å². The van der Waals surface area contributed by atoms with Crippen LogP contribution in [0.25, 0.3) is 0 Å². The van der Waals surface area contributed by atoms with Crippen molar-refractivity contribution in [3.63, 3.8) is 0 Å². The Hall–Kier alpha value is -4.05. The van der Waals surface area contributed by atoms with Crippen LogP contribution in [0.1, 0.15) is 37.8 Å². The van der Waals surface area contributed by atoms with Gasteiger partial charge in [0.05, 0.1) is 24.8 Å². The Morgan fingerprint density at radius 3 is 2.17 bits per heavy atom. The predicted molar refractivity (Wildman–Crippen MR) is 160 cm³/mol. The third-order valence-electron chi connectivity index (χ3n) is 6.80. The lowest BCUT2D eigenvalue weighted by Crippen LogP contribution is -2.52. The molecule has 0 spiro atoms. The van der Waals surface area contributed by atoms with Gasteiger partial charge in [0.2, 0.25) is 11.8 Å². The van der Waals surface area contributed by atoms with Crippen molar-refractivity contribution in [2.75, 3.05) is 31.6 Å². The maximum atomic E-state index is 14.2. The average molecular weight is 582 g/mol. The van der Waals surface area contributed by atoms with Crippen LogP contribution in [0.3, 0.4) is 0 Å². The molecule has 0 heterocycles. The molecule has 0 aliphatic heterocycles. The monoisotopic (exact) mass is 581 g/mol. The summed E-state index contributed by atoms with van der Waals surface area (Å²) >= 11 is 0. The van der Waals surface area contributed by atoms with Gasteiger partial charge in [-0.2, -0.15) is 0 Å². The number of nitrogens with zero attached hydrogens (tertiary/aromatic N) is 2. The van der Waals surface area contributed by atoms with Crippen molar-refractivity contribution in [2.45, 2.75) is 51.1 Å². The molecule has 0 aliphatic carbocycles. The number of hydrogen-bond donors (Lipinski definition) is 1. The van der Waals surface area contributed by atoms with E-state index in [0.717, 1.165) is 21.9 Å². The molecular formula is C31H39N3O6S. The first kappa shape index (κ1) is 31.5. The maximum Gasteiger partial charge on any atom is 0.264 e. The summed E-state index contributed by atoms with van der Waals surface area (Å²) < 4.78 is 39.8. The van der Waals surface area contributed by atoms with Gasteiger partial charge in [0.1, 0.15) is 12.6 Å². The van der Waals surface area contributed by atoms with E-state index in [1.165, 1.54) is 37.3 Å². The molecule has 1 atom stereocenters. The van der Waals surface area contributed by atoms with E-state index < -0.39 is 28.5 Å². The fraction of sp³-hybridized carbons (Fsp3) is 0.355. The normalized spacial score (nSPS) is 11.8. The highest BCUT2D eigenvalue weighted by atomic mass is 32.2. The van der Waals surface area contributed by atoms with Crippen molar-refractivity contribution in [1.29, 1.82) is 0 Å². The van der Waals surface area contributed by atoms with Crippen LogP contribution in [0.15, 0.2) is 77.7 Å². The SMILES string of the molecule is CCCNC(=O)[C@H](CC)N(Cc1ccccc1C)C(=O)CN(c1ccc(OC)c(OC)c1)S(=O)(=O)c1ccccc1. The van der Waals surface area contributed by atoms with Crippen LogP contribution in [0.4, 0.5) is 5.69 Å². The summed E-state index contributed by atoms with van der Waals surface area (Å²) in [4.78, 5) is 28.9. The van der Waals surface area contributed by atoms with Crippen LogP contribution in [0.2, 0.25) is 0 Å². The quantitative estimate of drug-likeness (QED) is 0.300. The molecule has 3 rings (SSSR count). The molecule has 41 heavy (non-hydrogen) atoms. The van der Waals surface area contributed by atoms with Crippen molar-refractivity contribution >= 4 is 27.5 Å². The maximum absolute atomic E-state index is 14.2. The van der Waals surface area contributed by atoms with Crippen molar-refractivity contribution in [3.05, 3.63) is 83.9 Å². The van der Waals surface area contributed by atoms with Gasteiger partial charge in [0.25, 0.3) is 10.0 Å². The number of carbonyl (C=O) groups excluding carboxylic acids is 2. The van der Waals surface area contributed by atoms with Crippen LogP contribution in [0, 0.1) is 6.92 Å². The standard InChI is InChI=1S/C31H39N3O6S/c1-6-19-32-31(36)27(7-2)33(21-24-14-12-11-13-23(24)3)30(35)22-34(41(37,38)26-15-9-8-10-16-26)25-17-18-28(39-4)29(20-25)40-5/h8-18,20,27H,6-7,19,21-22H2,1-5H3,(H,32,36)/t27-/m0/s1. The number of methoxy groups -OCH3 is 2. The highest BCUT2D eigenvalue weighted by Crippen LogP contribution is 2.34. The molecule has 0 radical (unpaired) electrons. The number of carbonyl (C=O) groups is 2. The first-order valence-electron chi connectivity index (χ1n) is 13.6. The zero-order chi connectivity index (χ0) is 30.0. The van der Waals surface area contributed by atoms with E-state index in [1.54, 1.807) is 30.3 Å². The number of hydrogen-bond acceptors (Lipinski definition) is 6. The van der Waals surface area contributed by atoms with Gasteiger partial charge in [-0.05, 0) is 55.2 Å². The summed E-state index contributed by atoms with van der Waals surface area (Å²) in [6.07, 6.45) is 1.10. The highest BCUT2D eigenvalue weighted by molar-refractivity contribution is 7.92. The summed E-state index contributed by atoms with van der Waals surface area (Å²) in [7, 11) is -1.25. The Balaban J connectivity index is 2.11. The molecule has 0 saturated carbocycles. The molecule has 220 valence electrons. The number of aryl methyl sites for hydroxylation is 1. The van der Waals surface area contributed by atoms with E-state index in [1.807, 2.05) is 45.0 Å². The summed E-state index contributed by atoms with van der Waals surface area (Å²) in [5.41, 5.74) is 2.05. The van der Waals surface area contributed by atoms with Crippen molar-refractivity contribution in [3.8, 4) is 11.5 Å². The molecule has 0 unspecified atom stereocenters. The molecule has 0 saturated heterocycles. The summed E-state index contributed by atoms with van der Waals surface area (Å²) in [6, 6.07) is 19.4. The molecule has 0 bridgehead atoms. The molecule has 0 aliphatic rings. The van der Waals surface area contributed by atoms with E-state index in [9.17, 15) is 18.0 Å². The lowest BCUT2D eigenvalue weighted by molar-refractivity contribution is -0.140. The minimum Gasteiger partial charge on any atom is -0.493 e. The Morgan fingerprint density at radius 1 is 0.902 bits per heavy atom. The third-order valence-corrected chi connectivity index (χ3v) is 8.59. The number of ether oxygens (including phenoxy) is 2. The minimum atomic E-state index is -4.19. The molecule has 3 aromatic carbocycles. The second kappa shape index (κ2) is 14.5. The molecule has 9 nitrogen and oxygen atoms in total. The first-order chi connectivity index (χ1) is 19.7. The summed E-state index contributed by atoms with van der Waals surface area (Å²) in [5, 5.41) is 2.89. The van der Waals surface area contributed by atoms with Crippen LogP contribution in [0.5, 0.6) is 11.5 Å². The fourth-order valence-electron chi connectivity index (χ4n) is 4.48. The number of nitrogens with one attached hydrogen (secondary N) is 1. The van der Waals surface area contributed by atoms with Crippen LogP contribution >= 0.6 is 0 Å². The van der Waals surface area contributed by atoms with E-state index in [-0.39, 0.29) is 23.0 Å². The Labute approximate surface area is 243 Å². The lowest BCUT2D eigenvalue weighted by atomic mass is 10.1. The molecule has 10 heteroatoms. The van der Waals surface area contributed by atoms with Crippen LogP contribution < -0.4 is 19.1 Å². The lowest BCUT2D eigenvalue weighted by Gasteiger charge is -2.33. The van der Waals surface area contributed by atoms with E-state index in [0.29, 0.717) is 24.5 Å². The second-order valence-corrected chi connectivity index (χ2v) is 11.4. The zero-order valence-corrected chi connectivity index (χ0v) is 25.1. The van der Waals surface area contributed by atoms with E-state index >= 15 is 0 Å². The summed E-state index contributed by atoms with van der Waals surface area (Å²) in [6.45, 7) is 5.81. The number of amides is 2. The minimum absolute atomic E-state index is 0.0285. The number of rotatable bonds is 14. The molecule has 0 fully saturated rings. The van der Waals surface area contributed by atoms with Crippen molar-refractivity contribution in [2.24, 2.45) is 0 Å². The zero-order valence-electron chi connectivity index (χ0n) is 24.3.